The Balaban J connectivity index is 2.08. The average Bonchev–Trinajstić information content (AvgIpc) is 2.53. The fourth-order valence-corrected chi connectivity index (χ4v) is 2.76. The zero-order valence-electron chi connectivity index (χ0n) is 11.9. The summed E-state index contributed by atoms with van der Waals surface area (Å²) >= 11 is 0. The third kappa shape index (κ3) is 2.52. The van der Waals surface area contributed by atoms with Gasteiger partial charge in [-0.15, -0.1) is 0 Å². The highest BCUT2D eigenvalue weighted by atomic mass is 16.1. The second kappa shape index (κ2) is 5.41. The number of hydrogen-bond donors (Lipinski definition) is 1. The molecule has 0 saturated carbocycles. The highest BCUT2D eigenvalue weighted by Crippen LogP contribution is 2.29. The fraction of sp³-hybridized carbons (Fsp3) is 0.105. The van der Waals surface area contributed by atoms with E-state index < -0.39 is 0 Å². The maximum atomic E-state index is 11.6. The number of hydrogen-bond acceptors (Lipinski definition) is 1. The molecule has 0 aliphatic heterocycles. The van der Waals surface area contributed by atoms with Gasteiger partial charge in [0.2, 0.25) is 5.91 Å². The Morgan fingerprint density at radius 3 is 2.33 bits per heavy atom. The van der Waals surface area contributed by atoms with Gasteiger partial charge in [-0.1, -0.05) is 67.6 Å². The van der Waals surface area contributed by atoms with Gasteiger partial charge >= 0.3 is 0 Å². The van der Waals surface area contributed by atoms with Crippen LogP contribution in [0.4, 0.5) is 0 Å². The van der Waals surface area contributed by atoms with Crippen molar-refractivity contribution in [2.75, 3.05) is 0 Å². The summed E-state index contributed by atoms with van der Waals surface area (Å²) in [4.78, 5) is 11.6. The van der Waals surface area contributed by atoms with Crippen molar-refractivity contribution >= 4 is 16.7 Å². The molecular weight excluding hydrogens is 258 g/mol. The minimum absolute atomic E-state index is 0.123. The van der Waals surface area contributed by atoms with Crippen molar-refractivity contribution in [2.24, 2.45) is 5.73 Å². The van der Waals surface area contributed by atoms with E-state index in [1.165, 1.54) is 16.3 Å². The quantitative estimate of drug-likeness (QED) is 0.768. The van der Waals surface area contributed by atoms with Gasteiger partial charge in [0.05, 0.1) is 0 Å². The van der Waals surface area contributed by atoms with Crippen LogP contribution in [0.5, 0.6) is 0 Å². The first kappa shape index (κ1) is 13.4. The van der Waals surface area contributed by atoms with E-state index >= 15 is 0 Å². The molecule has 0 aromatic heterocycles. The first-order valence-electron chi connectivity index (χ1n) is 7.04. The summed E-state index contributed by atoms with van der Waals surface area (Å²) in [6, 6.07) is 22.2. The highest BCUT2D eigenvalue weighted by molar-refractivity contribution is 5.94. The normalized spacial score (nSPS) is 12.2. The highest BCUT2D eigenvalue weighted by Gasteiger charge is 2.15. The molecule has 0 aliphatic rings. The Kier molecular flexibility index (Phi) is 3.44. The molecule has 0 spiro atoms. The first-order valence-corrected chi connectivity index (χ1v) is 7.04. The van der Waals surface area contributed by atoms with Gasteiger partial charge in [-0.25, -0.2) is 0 Å². The molecule has 104 valence electrons. The number of benzene rings is 3. The lowest BCUT2D eigenvalue weighted by Gasteiger charge is -2.16. The number of carbonyl (C=O) groups excluding carboxylic acids is 1. The zero-order valence-corrected chi connectivity index (χ0v) is 11.9. The molecule has 0 fully saturated rings. The van der Waals surface area contributed by atoms with Gasteiger partial charge < -0.3 is 5.73 Å². The van der Waals surface area contributed by atoms with Crippen LogP contribution >= 0.6 is 0 Å². The number of fused-ring (bicyclic) bond motifs is 1. The van der Waals surface area contributed by atoms with Crippen LogP contribution in [0, 0.1) is 0 Å². The lowest BCUT2D eigenvalue weighted by atomic mass is 9.88. The van der Waals surface area contributed by atoms with Crippen LogP contribution < -0.4 is 5.73 Å². The maximum absolute atomic E-state index is 11.6. The molecule has 0 radical (unpaired) electrons. The molecule has 0 heterocycles. The molecule has 21 heavy (non-hydrogen) atoms. The molecule has 3 aromatic carbocycles. The smallest absolute Gasteiger partial charge is 0.248 e. The Hall–Kier alpha value is -2.61. The fourth-order valence-electron chi connectivity index (χ4n) is 2.76. The Labute approximate surface area is 124 Å². The predicted octanol–water partition coefficient (Wildman–Crippen LogP) is 4.09. The number of amides is 1. The van der Waals surface area contributed by atoms with Crippen LogP contribution in [0.1, 0.15) is 34.3 Å². The van der Waals surface area contributed by atoms with E-state index in [1.54, 1.807) is 6.07 Å². The molecule has 0 unspecified atom stereocenters. The van der Waals surface area contributed by atoms with Gasteiger partial charge in [-0.2, -0.15) is 0 Å². The minimum Gasteiger partial charge on any atom is -0.366 e. The average molecular weight is 275 g/mol. The molecule has 3 aromatic rings. The zero-order chi connectivity index (χ0) is 14.8. The summed E-state index contributed by atoms with van der Waals surface area (Å²) in [5.74, 6) is -0.253. The second-order valence-corrected chi connectivity index (χ2v) is 5.28. The monoisotopic (exact) mass is 275 g/mol. The number of primary amides is 1. The first-order chi connectivity index (χ1) is 10.2. The van der Waals surface area contributed by atoms with Crippen molar-refractivity contribution in [3.63, 3.8) is 0 Å². The molecular formula is C19H17NO. The van der Waals surface area contributed by atoms with E-state index in [4.69, 9.17) is 5.73 Å². The number of rotatable bonds is 3. The standard InChI is InChI=1S/C19H17NO/c1-13(17-8-4-5-9-18(17)19(20)21)15-11-10-14-6-2-3-7-16(14)12-15/h2-13H,1H3,(H2,20,21)/t13-/m1/s1. The van der Waals surface area contributed by atoms with Crippen LogP contribution in [-0.2, 0) is 0 Å². The summed E-state index contributed by atoms with van der Waals surface area (Å²) in [5.41, 5.74) is 8.23. The largest absolute Gasteiger partial charge is 0.366 e. The molecule has 2 N–H and O–H groups in total. The van der Waals surface area contributed by atoms with E-state index in [1.807, 2.05) is 30.3 Å². The van der Waals surface area contributed by atoms with E-state index in [0.717, 1.165) is 5.56 Å². The van der Waals surface area contributed by atoms with Crippen LogP contribution in [0.3, 0.4) is 0 Å². The lowest BCUT2D eigenvalue weighted by molar-refractivity contribution is 0.0999. The van der Waals surface area contributed by atoms with Crippen LogP contribution in [-0.4, -0.2) is 5.91 Å². The van der Waals surface area contributed by atoms with Crippen molar-refractivity contribution < 1.29 is 4.79 Å². The van der Waals surface area contributed by atoms with Gasteiger partial charge in [0.1, 0.15) is 0 Å². The van der Waals surface area contributed by atoms with Crippen molar-refractivity contribution in [2.45, 2.75) is 12.8 Å². The molecule has 1 atom stereocenters. The van der Waals surface area contributed by atoms with Gasteiger partial charge in [0.25, 0.3) is 0 Å². The lowest BCUT2D eigenvalue weighted by Crippen LogP contribution is -2.15. The van der Waals surface area contributed by atoms with E-state index in [0.29, 0.717) is 5.56 Å². The Morgan fingerprint density at radius 1 is 0.905 bits per heavy atom. The molecule has 0 aliphatic carbocycles. The van der Waals surface area contributed by atoms with Crippen molar-refractivity contribution in [3.8, 4) is 0 Å². The third-order valence-corrected chi connectivity index (χ3v) is 3.97. The van der Waals surface area contributed by atoms with Crippen molar-refractivity contribution in [1.29, 1.82) is 0 Å². The van der Waals surface area contributed by atoms with Gasteiger partial charge in [-0.05, 0) is 28.0 Å². The number of carbonyl (C=O) groups is 1. The Morgan fingerprint density at radius 2 is 1.57 bits per heavy atom. The van der Waals surface area contributed by atoms with Crippen LogP contribution in [0.2, 0.25) is 0 Å². The van der Waals surface area contributed by atoms with Gasteiger partial charge in [0.15, 0.2) is 0 Å². The predicted molar refractivity (Wildman–Crippen MR) is 86.4 cm³/mol. The van der Waals surface area contributed by atoms with E-state index in [9.17, 15) is 4.79 Å². The Bertz CT molecular complexity index is 807. The molecule has 1 amide bonds. The van der Waals surface area contributed by atoms with Gasteiger partial charge in [0, 0.05) is 11.5 Å². The SMILES string of the molecule is C[C@H](c1ccc2ccccc2c1)c1ccccc1C(N)=O. The van der Waals surface area contributed by atoms with E-state index in [-0.39, 0.29) is 11.8 Å². The maximum Gasteiger partial charge on any atom is 0.248 e. The summed E-state index contributed by atoms with van der Waals surface area (Å²) in [7, 11) is 0. The molecule has 0 bridgehead atoms. The summed E-state index contributed by atoms with van der Waals surface area (Å²) < 4.78 is 0. The topological polar surface area (TPSA) is 43.1 Å². The molecule has 0 saturated heterocycles. The minimum atomic E-state index is -0.377. The van der Waals surface area contributed by atoms with Crippen LogP contribution in [0.25, 0.3) is 10.8 Å². The number of nitrogens with two attached hydrogens (primary N) is 1. The summed E-state index contributed by atoms with van der Waals surface area (Å²) in [6.07, 6.45) is 0. The second-order valence-electron chi connectivity index (χ2n) is 5.28. The van der Waals surface area contributed by atoms with Crippen LogP contribution in [0.15, 0.2) is 66.7 Å². The molecule has 2 nitrogen and oxygen atoms in total. The molecule has 3 rings (SSSR count). The summed E-state index contributed by atoms with van der Waals surface area (Å²) in [5, 5.41) is 2.43. The van der Waals surface area contributed by atoms with Crippen molar-refractivity contribution in [1.82, 2.24) is 0 Å². The van der Waals surface area contributed by atoms with Gasteiger partial charge in [-0.3, -0.25) is 4.79 Å². The summed E-state index contributed by atoms with van der Waals surface area (Å²) in [6.45, 7) is 2.10. The third-order valence-electron chi connectivity index (χ3n) is 3.97. The van der Waals surface area contributed by atoms with Crippen molar-refractivity contribution in [3.05, 3.63) is 83.4 Å². The van der Waals surface area contributed by atoms with E-state index in [2.05, 4.69) is 37.3 Å². The molecule has 2 heteroatoms.